The summed E-state index contributed by atoms with van der Waals surface area (Å²) < 4.78 is 84.7. The fourth-order valence-electron chi connectivity index (χ4n) is 5.79. The van der Waals surface area contributed by atoms with Crippen LogP contribution in [0.1, 0.15) is 17.5 Å². The number of aryl methyl sites for hydroxylation is 1. The molecule has 0 spiro atoms. The van der Waals surface area contributed by atoms with Crippen molar-refractivity contribution in [3.8, 4) is 28.4 Å². The highest BCUT2D eigenvalue weighted by atomic mass is 32.2. The minimum Gasteiger partial charge on any atom is -0.497 e. The third-order valence-corrected chi connectivity index (χ3v) is 9.96. The lowest BCUT2D eigenvalue weighted by Crippen LogP contribution is -2.48. The minimum atomic E-state index is -4.84. The highest BCUT2D eigenvalue weighted by molar-refractivity contribution is 7.89. The summed E-state index contributed by atoms with van der Waals surface area (Å²) in [5.41, 5.74) is 15.2. The van der Waals surface area contributed by atoms with E-state index in [0.29, 0.717) is 85.8 Å². The largest absolute Gasteiger partial charge is 0.573 e. The van der Waals surface area contributed by atoms with Gasteiger partial charge in [0.15, 0.2) is 0 Å². The van der Waals surface area contributed by atoms with Gasteiger partial charge in [-0.25, -0.2) is 8.42 Å². The van der Waals surface area contributed by atoms with Gasteiger partial charge < -0.3 is 45.6 Å². The molecule has 1 fully saturated rings. The molecule has 1 saturated heterocycles. The van der Waals surface area contributed by atoms with Crippen molar-refractivity contribution in [3.05, 3.63) is 71.9 Å². The Hall–Kier alpha value is -5.41. The van der Waals surface area contributed by atoms with E-state index in [4.69, 9.17) is 50.6 Å². The maximum Gasteiger partial charge on any atom is 0.573 e. The monoisotopic (exact) mass is 799 g/mol. The number of benzene rings is 3. The van der Waals surface area contributed by atoms with Crippen LogP contribution in [0.15, 0.2) is 65.7 Å². The van der Waals surface area contributed by atoms with E-state index >= 15 is 0 Å². The molecule has 3 aromatic carbocycles. The van der Waals surface area contributed by atoms with Crippen LogP contribution >= 0.6 is 0 Å². The van der Waals surface area contributed by atoms with Crippen molar-refractivity contribution in [2.24, 2.45) is 11.5 Å². The fourth-order valence-corrected chi connectivity index (χ4v) is 7.24. The summed E-state index contributed by atoms with van der Waals surface area (Å²) in [5.74, 6) is 0.995. The lowest BCUT2D eigenvalue weighted by molar-refractivity contribution is -0.274. The van der Waals surface area contributed by atoms with E-state index in [0.717, 1.165) is 11.1 Å². The van der Waals surface area contributed by atoms with Crippen molar-refractivity contribution in [3.63, 3.8) is 0 Å². The topological polar surface area (TPSA) is 237 Å². The molecule has 0 radical (unpaired) electrons. The van der Waals surface area contributed by atoms with Gasteiger partial charge in [-0.1, -0.05) is 6.07 Å². The normalized spacial score (nSPS) is 13.1. The third-order valence-electron chi connectivity index (χ3n) is 8.06. The Bertz CT molecular complexity index is 1920. The number of sulfonamides is 1. The maximum absolute atomic E-state index is 13.9. The summed E-state index contributed by atoms with van der Waals surface area (Å²) in [6, 6.07) is 14.7. The molecule has 4 aromatic rings. The van der Waals surface area contributed by atoms with E-state index in [9.17, 15) is 21.6 Å². The standard InChI is InChI=1S/C32H38F3N5O5S.3CH2O2/c1-43-25-14-22(15-26(17-25)44-2)20-38-10-12-40(13-11-38)46(41,42)27-5-7-31-29(18-27)30(21-39(31)9-3-8-36)28-6-4-24(16-23(28)19-37)45-32(33,34)35;3*2-1-3/h4-7,14-18,21H,3,8-13,19-20,36-37H2,1-2H3;3*1H,(H,2,3). The molecular formula is C35H44F3N5O11S. The number of halogens is 3. The van der Waals surface area contributed by atoms with Crippen LogP contribution in [0.3, 0.4) is 0 Å². The Kier molecular flexibility index (Phi) is 18.4. The SMILES string of the molecule is COc1cc(CN2CCN(S(=O)(=O)c3ccc4c(c3)c(-c3ccc(OC(F)(F)F)cc3CN)cn4CCCN)CC2)cc(OC)c1.O=CO.O=CO.O=CO. The number of carbonyl (C=O) groups is 3. The van der Waals surface area contributed by atoms with E-state index in [2.05, 4.69) is 9.64 Å². The Labute approximate surface area is 315 Å². The van der Waals surface area contributed by atoms with Crippen LogP contribution in [0, 0.1) is 0 Å². The summed E-state index contributed by atoms with van der Waals surface area (Å²) in [4.78, 5) is 27.4. The average Bonchev–Trinajstić information content (AvgIpc) is 3.51. The van der Waals surface area contributed by atoms with Crippen molar-refractivity contribution in [1.82, 2.24) is 13.8 Å². The van der Waals surface area contributed by atoms with Gasteiger partial charge in [-0.3, -0.25) is 19.3 Å². The summed E-state index contributed by atoms with van der Waals surface area (Å²) in [5, 5.41) is 21.3. The van der Waals surface area contributed by atoms with Gasteiger partial charge in [0.25, 0.3) is 19.4 Å². The van der Waals surface area contributed by atoms with Gasteiger partial charge in [0, 0.05) is 74.5 Å². The van der Waals surface area contributed by atoms with Crippen molar-refractivity contribution < 1.29 is 65.5 Å². The van der Waals surface area contributed by atoms with E-state index in [1.165, 1.54) is 22.5 Å². The number of aromatic nitrogens is 1. The van der Waals surface area contributed by atoms with Gasteiger partial charge >= 0.3 is 6.36 Å². The predicted octanol–water partition coefficient (Wildman–Crippen LogP) is 3.64. The van der Waals surface area contributed by atoms with Crippen molar-refractivity contribution in [1.29, 1.82) is 0 Å². The number of carboxylic acid groups (broad SMARTS) is 3. The van der Waals surface area contributed by atoms with Crippen LogP contribution < -0.4 is 25.7 Å². The summed E-state index contributed by atoms with van der Waals surface area (Å²) >= 11 is 0. The molecule has 55 heavy (non-hydrogen) atoms. The molecule has 16 nitrogen and oxygen atoms in total. The van der Waals surface area contributed by atoms with Crippen molar-refractivity contribution in [2.45, 2.75) is 37.3 Å². The van der Waals surface area contributed by atoms with Gasteiger partial charge in [-0.15, -0.1) is 13.2 Å². The zero-order chi connectivity index (χ0) is 41.2. The first kappa shape index (κ1) is 45.7. The number of nitrogens with zero attached hydrogens (tertiary/aromatic N) is 3. The number of rotatable bonds is 12. The molecule has 20 heteroatoms. The molecule has 0 unspecified atom stereocenters. The number of methoxy groups -OCH3 is 2. The third kappa shape index (κ3) is 13.1. The number of piperazine rings is 1. The Morgan fingerprint density at radius 1 is 0.800 bits per heavy atom. The van der Waals surface area contributed by atoms with Crippen molar-refractivity contribution >= 4 is 40.3 Å². The summed E-state index contributed by atoms with van der Waals surface area (Å²) in [6.07, 6.45) is -2.30. The molecule has 2 heterocycles. The molecule has 1 aliphatic heterocycles. The van der Waals surface area contributed by atoms with Gasteiger partial charge in [0.1, 0.15) is 17.2 Å². The second-order valence-electron chi connectivity index (χ2n) is 11.3. The van der Waals surface area contributed by atoms with E-state index in [1.807, 2.05) is 22.9 Å². The van der Waals surface area contributed by atoms with Gasteiger partial charge in [0.05, 0.1) is 19.1 Å². The highest BCUT2D eigenvalue weighted by Crippen LogP contribution is 2.37. The molecule has 0 aliphatic carbocycles. The number of ether oxygens (including phenoxy) is 3. The van der Waals surface area contributed by atoms with Crippen LogP contribution in [0.5, 0.6) is 17.2 Å². The molecule has 5 rings (SSSR count). The van der Waals surface area contributed by atoms with Crippen LogP contribution in [-0.4, -0.2) is 110 Å². The first-order chi connectivity index (χ1) is 26.2. The maximum atomic E-state index is 13.9. The smallest absolute Gasteiger partial charge is 0.497 e. The molecular weight excluding hydrogens is 755 g/mol. The lowest BCUT2D eigenvalue weighted by atomic mass is 9.99. The van der Waals surface area contributed by atoms with Gasteiger partial charge in [-0.2, -0.15) is 4.31 Å². The highest BCUT2D eigenvalue weighted by Gasteiger charge is 2.32. The Morgan fingerprint density at radius 3 is 1.89 bits per heavy atom. The van der Waals surface area contributed by atoms with Gasteiger partial charge in [0.2, 0.25) is 10.0 Å². The lowest BCUT2D eigenvalue weighted by Gasteiger charge is -2.34. The van der Waals surface area contributed by atoms with Crippen LogP contribution in [0.4, 0.5) is 13.2 Å². The molecule has 0 saturated carbocycles. The van der Waals surface area contributed by atoms with E-state index in [-0.39, 0.29) is 36.6 Å². The molecule has 1 aliphatic rings. The van der Waals surface area contributed by atoms with Crippen molar-refractivity contribution in [2.75, 3.05) is 46.9 Å². The number of nitrogens with two attached hydrogens (primary N) is 2. The zero-order valence-corrected chi connectivity index (χ0v) is 30.8. The molecule has 302 valence electrons. The second kappa shape index (κ2) is 22.1. The van der Waals surface area contributed by atoms with E-state index < -0.39 is 16.4 Å². The van der Waals surface area contributed by atoms with E-state index in [1.54, 1.807) is 38.5 Å². The Morgan fingerprint density at radius 2 is 1.38 bits per heavy atom. The molecule has 0 amide bonds. The minimum absolute atomic E-state index is 0.0509. The van der Waals surface area contributed by atoms with Crippen LogP contribution in [0.2, 0.25) is 0 Å². The number of hydrogen-bond acceptors (Lipinski definition) is 11. The number of fused-ring (bicyclic) bond motifs is 1. The average molecular weight is 800 g/mol. The van der Waals surface area contributed by atoms with Crippen LogP contribution in [0.25, 0.3) is 22.0 Å². The van der Waals surface area contributed by atoms with Crippen LogP contribution in [-0.2, 0) is 44.0 Å². The Balaban J connectivity index is 0.00000106. The summed E-state index contributed by atoms with van der Waals surface area (Å²) in [6.45, 7) is 2.54. The zero-order valence-electron chi connectivity index (χ0n) is 30.0. The molecule has 0 atom stereocenters. The van der Waals surface area contributed by atoms with Gasteiger partial charge in [-0.05, 0) is 72.1 Å². The summed E-state index contributed by atoms with van der Waals surface area (Å²) in [7, 11) is -0.662. The fraction of sp³-hybridized carbons (Fsp3) is 0.343. The number of alkyl halides is 3. The second-order valence-corrected chi connectivity index (χ2v) is 13.3. The molecule has 0 bridgehead atoms. The molecule has 7 N–H and O–H groups in total. The quantitative estimate of drug-likeness (QED) is 0.129. The number of hydrogen-bond donors (Lipinski definition) is 5. The molecule has 1 aromatic heterocycles. The first-order valence-corrected chi connectivity index (χ1v) is 17.7. The first-order valence-electron chi connectivity index (χ1n) is 16.3. The predicted molar refractivity (Wildman–Crippen MR) is 195 cm³/mol.